The average molecular weight is 340 g/mol. The molecule has 0 heterocycles. The lowest BCUT2D eigenvalue weighted by molar-refractivity contribution is 0.481. The van der Waals surface area contributed by atoms with Crippen LogP contribution in [0.4, 0.5) is 0 Å². The van der Waals surface area contributed by atoms with Crippen molar-refractivity contribution in [2.75, 3.05) is 0 Å². The second-order valence-electron chi connectivity index (χ2n) is 4.09. The molecule has 0 bridgehead atoms. The quantitative estimate of drug-likeness (QED) is 0.639. The number of hydrogen-bond acceptors (Lipinski definition) is 2. The second kappa shape index (κ2) is 5.63. The van der Waals surface area contributed by atoms with Crippen LogP contribution in [-0.2, 0) is 0 Å². The van der Waals surface area contributed by atoms with Crippen molar-refractivity contribution in [3.63, 3.8) is 0 Å². The van der Waals surface area contributed by atoms with Gasteiger partial charge in [0.25, 0.3) is 0 Å². The number of nitrogens with one attached hydrogen (secondary N) is 1. The summed E-state index contributed by atoms with van der Waals surface area (Å²) in [6.45, 7) is 1.95. The fourth-order valence-corrected chi connectivity index (χ4v) is 2.22. The number of nitrogens with two attached hydrogens (primary N) is 1. The maximum absolute atomic E-state index is 7.55. The molecule has 3 nitrogen and oxygen atoms in total. The van der Waals surface area contributed by atoms with Gasteiger partial charge in [0, 0.05) is 4.47 Å². The molecule has 0 spiro atoms. The van der Waals surface area contributed by atoms with Gasteiger partial charge < -0.3 is 10.5 Å². The third kappa shape index (κ3) is 3.28. The first-order valence-corrected chi connectivity index (χ1v) is 6.72. The molecule has 5 heteroatoms. The van der Waals surface area contributed by atoms with Gasteiger partial charge in [0.1, 0.15) is 17.3 Å². The van der Waals surface area contributed by atoms with Crippen LogP contribution >= 0.6 is 27.5 Å². The summed E-state index contributed by atoms with van der Waals surface area (Å²) in [5.41, 5.74) is 7.12. The molecule has 0 amide bonds. The molecule has 0 radical (unpaired) electrons. The topological polar surface area (TPSA) is 59.1 Å². The highest BCUT2D eigenvalue weighted by molar-refractivity contribution is 9.10. The van der Waals surface area contributed by atoms with E-state index in [0.717, 1.165) is 10.0 Å². The van der Waals surface area contributed by atoms with Crippen molar-refractivity contribution in [2.24, 2.45) is 5.73 Å². The number of benzene rings is 2. The molecule has 0 aliphatic rings. The molecular formula is C14H12BrClN2O. The molecule has 19 heavy (non-hydrogen) atoms. The summed E-state index contributed by atoms with van der Waals surface area (Å²) < 4.78 is 6.60. The van der Waals surface area contributed by atoms with E-state index in [9.17, 15) is 0 Å². The lowest BCUT2D eigenvalue weighted by Crippen LogP contribution is -2.12. The normalized spacial score (nSPS) is 10.3. The molecule has 3 N–H and O–H groups in total. The van der Waals surface area contributed by atoms with Crippen LogP contribution in [0.15, 0.2) is 40.9 Å². The Morgan fingerprint density at radius 3 is 2.58 bits per heavy atom. The molecule has 0 aromatic heterocycles. The van der Waals surface area contributed by atoms with E-state index < -0.39 is 0 Å². The Bertz CT molecular complexity index is 643. The van der Waals surface area contributed by atoms with Crippen LogP contribution in [0.25, 0.3) is 0 Å². The SMILES string of the molecule is Cc1ccc(Oc2cc(Br)ccc2C(=N)N)c(Cl)c1. The van der Waals surface area contributed by atoms with Gasteiger partial charge in [-0.2, -0.15) is 0 Å². The van der Waals surface area contributed by atoms with Gasteiger partial charge >= 0.3 is 0 Å². The van der Waals surface area contributed by atoms with Gasteiger partial charge in [-0.25, -0.2) is 0 Å². The van der Waals surface area contributed by atoms with E-state index in [1.54, 1.807) is 24.3 Å². The number of amidine groups is 1. The Morgan fingerprint density at radius 1 is 1.21 bits per heavy atom. The standard InChI is InChI=1S/C14H12BrClN2O/c1-8-2-5-12(11(16)6-8)19-13-7-9(15)3-4-10(13)14(17)18/h2-7H,1H3,(H3,17,18). The average Bonchev–Trinajstić information content (AvgIpc) is 2.32. The molecule has 0 aliphatic carbocycles. The molecule has 0 aliphatic heterocycles. The van der Waals surface area contributed by atoms with E-state index in [1.165, 1.54) is 0 Å². The minimum absolute atomic E-state index is 0.0502. The van der Waals surface area contributed by atoms with Crippen LogP contribution < -0.4 is 10.5 Å². The van der Waals surface area contributed by atoms with Crippen molar-refractivity contribution in [2.45, 2.75) is 6.92 Å². The van der Waals surface area contributed by atoms with Crippen molar-refractivity contribution in [3.8, 4) is 11.5 Å². The van der Waals surface area contributed by atoms with Gasteiger partial charge in [-0.05, 0) is 42.8 Å². The highest BCUT2D eigenvalue weighted by Crippen LogP contribution is 2.33. The van der Waals surface area contributed by atoms with Gasteiger partial charge in [0.05, 0.1) is 10.6 Å². The van der Waals surface area contributed by atoms with Crippen molar-refractivity contribution >= 4 is 33.4 Å². The van der Waals surface area contributed by atoms with E-state index in [2.05, 4.69) is 15.9 Å². The van der Waals surface area contributed by atoms with Crippen LogP contribution in [0.3, 0.4) is 0 Å². The number of aryl methyl sites for hydroxylation is 1. The predicted octanol–water partition coefficient (Wildman–Crippen LogP) is 4.49. The first-order valence-electron chi connectivity index (χ1n) is 5.55. The lowest BCUT2D eigenvalue weighted by Gasteiger charge is -2.12. The Labute approximate surface area is 125 Å². The molecule has 2 rings (SSSR count). The Kier molecular flexibility index (Phi) is 4.12. The van der Waals surface area contributed by atoms with Gasteiger partial charge in [-0.1, -0.05) is 33.6 Å². The maximum atomic E-state index is 7.55. The fourth-order valence-electron chi connectivity index (χ4n) is 1.61. The summed E-state index contributed by atoms with van der Waals surface area (Å²) >= 11 is 9.49. The number of halogens is 2. The second-order valence-corrected chi connectivity index (χ2v) is 5.41. The summed E-state index contributed by atoms with van der Waals surface area (Å²) in [5, 5.41) is 8.07. The van der Waals surface area contributed by atoms with Crippen molar-refractivity contribution in [3.05, 3.63) is 57.0 Å². The van der Waals surface area contributed by atoms with Crippen molar-refractivity contribution in [1.82, 2.24) is 0 Å². The summed E-state index contributed by atoms with van der Waals surface area (Å²) in [6.07, 6.45) is 0. The van der Waals surface area contributed by atoms with Gasteiger partial charge in [-0.3, -0.25) is 5.41 Å². The molecule has 2 aromatic carbocycles. The zero-order chi connectivity index (χ0) is 14.0. The monoisotopic (exact) mass is 338 g/mol. The van der Waals surface area contributed by atoms with Gasteiger partial charge in [-0.15, -0.1) is 0 Å². The van der Waals surface area contributed by atoms with Gasteiger partial charge in [0.2, 0.25) is 0 Å². The van der Waals surface area contributed by atoms with E-state index >= 15 is 0 Å². The zero-order valence-electron chi connectivity index (χ0n) is 10.2. The molecule has 0 saturated carbocycles. The van der Waals surface area contributed by atoms with Crippen molar-refractivity contribution in [1.29, 1.82) is 5.41 Å². The Morgan fingerprint density at radius 2 is 1.95 bits per heavy atom. The van der Waals surface area contributed by atoms with E-state index in [0.29, 0.717) is 22.1 Å². The molecule has 2 aromatic rings. The molecule has 0 saturated heterocycles. The van der Waals surface area contributed by atoms with Crippen molar-refractivity contribution < 1.29 is 4.74 Å². The summed E-state index contributed by atoms with van der Waals surface area (Å²) in [7, 11) is 0. The fraction of sp³-hybridized carbons (Fsp3) is 0.0714. The van der Waals surface area contributed by atoms with Crippen LogP contribution in [0.2, 0.25) is 5.02 Å². The van der Waals surface area contributed by atoms with Crippen LogP contribution in [0.1, 0.15) is 11.1 Å². The number of ether oxygens (including phenoxy) is 1. The predicted molar refractivity (Wildman–Crippen MR) is 81.4 cm³/mol. The highest BCUT2D eigenvalue weighted by atomic mass is 79.9. The lowest BCUT2D eigenvalue weighted by atomic mass is 10.2. The van der Waals surface area contributed by atoms with E-state index in [4.69, 9.17) is 27.5 Å². The number of hydrogen-bond donors (Lipinski definition) is 2. The zero-order valence-corrected chi connectivity index (χ0v) is 12.5. The first-order chi connectivity index (χ1) is 8.97. The highest BCUT2D eigenvalue weighted by Gasteiger charge is 2.10. The Hall–Kier alpha value is -1.52. The molecule has 0 fully saturated rings. The maximum Gasteiger partial charge on any atom is 0.146 e. The van der Waals surface area contributed by atoms with E-state index in [-0.39, 0.29) is 5.84 Å². The first kappa shape index (κ1) is 13.9. The smallest absolute Gasteiger partial charge is 0.146 e. The largest absolute Gasteiger partial charge is 0.455 e. The minimum Gasteiger partial charge on any atom is -0.455 e. The Balaban J connectivity index is 2.42. The summed E-state index contributed by atoms with van der Waals surface area (Å²) in [4.78, 5) is 0. The molecule has 0 atom stereocenters. The summed E-state index contributed by atoms with van der Waals surface area (Å²) in [6, 6.07) is 10.8. The minimum atomic E-state index is -0.0502. The third-order valence-corrected chi connectivity index (χ3v) is 3.33. The molecule has 98 valence electrons. The molecular weight excluding hydrogens is 328 g/mol. The number of rotatable bonds is 3. The van der Waals surface area contributed by atoms with E-state index in [1.807, 2.05) is 19.1 Å². The van der Waals surface area contributed by atoms with Crippen LogP contribution in [0.5, 0.6) is 11.5 Å². The van der Waals surface area contributed by atoms with Crippen LogP contribution in [-0.4, -0.2) is 5.84 Å². The molecule has 0 unspecified atom stereocenters. The van der Waals surface area contributed by atoms with Gasteiger partial charge in [0.15, 0.2) is 0 Å². The van der Waals surface area contributed by atoms with Crippen LogP contribution in [0, 0.1) is 12.3 Å². The number of nitrogen functional groups attached to an aromatic ring is 1. The summed E-state index contributed by atoms with van der Waals surface area (Å²) in [5.74, 6) is 0.978. The third-order valence-electron chi connectivity index (χ3n) is 2.54.